The van der Waals surface area contributed by atoms with Gasteiger partial charge in [0.05, 0.1) is 5.56 Å². The van der Waals surface area contributed by atoms with Gasteiger partial charge in [-0.15, -0.1) is 0 Å². The molecule has 0 aromatic carbocycles. The Morgan fingerprint density at radius 1 is 1.04 bits per heavy atom. The Hall–Kier alpha value is -1.34. The number of aromatic nitrogens is 1. The highest BCUT2D eigenvalue weighted by atomic mass is 32.2. The molecule has 1 amide bonds. The summed E-state index contributed by atoms with van der Waals surface area (Å²) in [5, 5.41) is 0. The minimum atomic E-state index is -3.70. The maximum Gasteiger partial charge on any atom is 0.257 e. The van der Waals surface area contributed by atoms with Crippen LogP contribution in [0.3, 0.4) is 0 Å². The molecule has 1 saturated heterocycles. The number of rotatable bonds is 4. The SMILES string of the molecule is Cc1[nH]c(C)c(S(=O)(=O)NC2CCCCC2)c1C(=O)N1CCCC1. The van der Waals surface area contributed by atoms with Gasteiger partial charge < -0.3 is 9.88 Å². The lowest BCUT2D eigenvalue weighted by Crippen LogP contribution is -2.37. The fourth-order valence-corrected chi connectivity index (χ4v) is 5.68. The minimum Gasteiger partial charge on any atom is -0.361 e. The van der Waals surface area contributed by atoms with Gasteiger partial charge in [-0.2, -0.15) is 0 Å². The second kappa shape index (κ2) is 6.88. The molecule has 6 nitrogen and oxygen atoms in total. The summed E-state index contributed by atoms with van der Waals surface area (Å²) in [6.45, 7) is 4.91. The summed E-state index contributed by atoms with van der Waals surface area (Å²) < 4.78 is 28.8. The standard InChI is InChI=1S/C17H27N3O3S/c1-12-15(17(21)20-10-6-7-11-20)16(13(2)18-12)24(22,23)19-14-8-4-3-5-9-14/h14,18-19H,3-11H2,1-2H3. The van der Waals surface area contributed by atoms with E-state index in [4.69, 9.17) is 0 Å². The number of H-pyrrole nitrogens is 1. The Morgan fingerprint density at radius 2 is 1.67 bits per heavy atom. The van der Waals surface area contributed by atoms with Crippen molar-refractivity contribution in [1.29, 1.82) is 0 Å². The number of carbonyl (C=O) groups is 1. The van der Waals surface area contributed by atoms with Crippen LogP contribution in [0, 0.1) is 13.8 Å². The number of nitrogens with one attached hydrogen (secondary N) is 2. The molecule has 2 fully saturated rings. The summed E-state index contributed by atoms with van der Waals surface area (Å²) in [6.07, 6.45) is 6.98. The van der Waals surface area contributed by atoms with Crippen molar-refractivity contribution in [2.75, 3.05) is 13.1 Å². The lowest BCUT2D eigenvalue weighted by Gasteiger charge is -2.23. The van der Waals surface area contributed by atoms with Crippen LogP contribution in [0.15, 0.2) is 4.90 Å². The van der Waals surface area contributed by atoms with Crippen molar-refractivity contribution in [3.05, 3.63) is 17.0 Å². The Balaban J connectivity index is 1.92. The minimum absolute atomic E-state index is 0.0203. The Labute approximate surface area is 144 Å². The van der Waals surface area contributed by atoms with Crippen LogP contribution in [-0.2, 0) is 10.0 Å². The summed E-state index contributed by atoms with van der Waals surface area (Å²) in [4.78, 5) is 17.8. The molecule has 1 saturated carbocycles. The summed E-state index contributed by atoms with van der Waals surface area (Å²) >= 11 is 0. The monoisotopic (exact) mass is 353 g/mol. The van der Waals surface area contributed by atoms with Crippen molar-refractivity contribution in [3.63, 3.8) is 0 Å². The first-order valence-electron chi connectivity index (χ1n) is 8.91. The molecule has 1 aliphatic heterocycles. The molecule has 24 heavy (non-hydrogen) atoms. The quantitative estimate of drug-likeness (QED) is 0.872. The van der Waals surface area contributed by atoms with Crippen LogP contribution in [-0.4, -0.2) is 43.3 Å². The molecule has 134 valence electrons. The molecule has 1 aromatic rings. The van der Waals surface area contributed by atoms with Gasteiger partial charge in [0.2, 0.25) is 10.0 Å². The van der Waals surface area contributed by atoms with Gasteiger partial charge in [0.1, 0.15) is 4.90 Å². The average molecular weight is 353 g/mol. The average Bonchev–Trinajstić information content (AvgIpc) is 3.15. The summed E-state index contributed by atoms with van der Waals surface area (Å²) in [5.74, 6) is -0.168. The number of aryl methyl sites for hydroxylation is 2. The van der Waals surface area contributed by atoms with Gasteiger partial charge in [0.15, 0.2) is 0 Å². The summed E-state index contributed by atoms with van der Waals surface area (Å²) in [6, 6.07) is -0.0203. The predicted octanol–water partition coefficient (Wildman–Crippen LogP) is 2.48. The zero-order chi connectivity index (χ0) is 17.3. The van der Waals surface area contributed by atoms with Crippen LogP contribution in [0.4, 0.5) is 0 Å². The molecular weight excluding hydrogens is 326 g/mol. The fourth-order valence-electron chi connectivity index (χ4n) is 3.93. The topological polar surface area (TPSA) is 82.3 Å². The van der Waals surface area contributed by atoms with E-state index in [9.17, 15) is 13.2 Å². The number of likely N-dealkylation sites (tertiary alicyclic amines) is 1. The van der Waals surface area contributed by atoms with Crippen LogP contribution < -0.4 is 4.72 Å². The fraction of sp³-hybridized carbons (Fsp3) is 0.706. The van der Waals surface area contributed by atoms with E-state index < -0.39 is 10.0 Å². The highest BCUT2D eigenvalue weighted by Crippen LogP contribution is 2.28. The van der Waals surface area contributed by atoms with Crippen molar-refractivity contribution in [1.82, 2.24) is 14.6 Å². The van der Waals surface area contributed by atoms with Gasteiger partial charge in [0, 0.05) is 30.5 Å². The van der Waals surface area contributed by atoms with Gasteiger partial charge in [-0.1, -0.05) is 19.3 Å². The van der Waals surface area contributed by atoms with Crippen LogP contribution >= 0.6 is 0 Å². The van der Waals surface area contributed by atoms with Crippen LogP contribution in [0.5, 0.6) is 0 Å². The van der Waals surface area contributed by atoms with Crippen LogP contribution in [0.25, 0.3) is 0 Å². The highest BCUT2D eigenvalue weighted by molar-refractivity contribution is 7.89. The number of nitrogens with zero attached hydrogens (tertiary/aromatic N) is 1. The van der Waals surface area contributed by atoms with Crippen LogP contribution in [0.1, 0.15) is 66.7 Å². The maximum atomic E-state index is 13.0. The second-order valence-electron chi connectivity index (χ2n) is 7.03. The number of sulfonamides is 1. The number of amides is 1. The van der Waals surface area contributed by atoms with Crippen molar-refractivity contribution >= 4 is 15.9 Å². The first-order valence-corrected chi connectivity index (χ1v) is 10.4. The second-order valence-corrected chi connectivity index (χ2v) is 8.69. The molecular formula is C17H27N3O3S. The van der Waals surface area contributed by atoms with Crippen molar-refractivity contribution in [3.8, 4) is 0 Å². The largest absolute Gasteiger partial charge is 0.361 e. The predicted molar refractivity (Wildman–Crippen MR) is 92.6 cm³/mol. The van der Waals surface area contributed by atoms with E-state index in [-0.39, 0.29) is 16.8 Å². The smallest absolute Gasteiger partial charge is 0.257 e. The third-order valence-electron chi connectivity index (χ3n) is 5.12. The third-order valence-corrected chi connectivity index (χ3v) is 6.81. The van der Waals surface area contributed by atoms with E-state index in [0.29, 0.717) is 30.0 Å². The molecule has 2 aliphatic rings. The molecule has 2 heterocycles. The van der Waals surface area contributed by atoms with Gasteiger partial charge >= 0.3 is 0 Å². The number of hydrogen-bond donors (Lipinski definition) is 2. The number of carbonyl (C=O) groups excluding carboxylic acids is 1. The molecule has 0 atom stereocenters. The lowest BCUT2D eigenvalue weighted by atomic mass is 9.96. The van der Waals surface area contributed by atoms with E-state index in [1.54, 1.807) is 18.7 Å². The Morgan fingerprint density at radius 3 is 2.29 bits per heavy atom. The lowest BCUT2D eigenvalue weighted by molar-refractivity contribution is 0.0788. The van der Waals surface area contributed by atoms with E-state index in [0.717, 1.165) is 38.5 Å². The van der Waals surface area contributed by atoms with E-state index >= 15 is 0 Å². The van der Waals surface area contributed by atoms with Gasteiger partial charge in [0.25, 0.3) is 5.91 Å². The van der Waals surface area contributed by atoms with E-state index in [2.05, 4.69) is 9.71 Å². The highest BCUT2D eigenvalue weighted by Gasteiger charge is 2.33. The van der Waals surface area contributed by atoms with Crippen molar-refractivity contribution in [2.45, 2.75) is 69.7 Å². The van der Waals surface area contributed by atoms with Crippen molar-refractivity contribution in [2.24, 2.45) is 0 Å². The van der Waals surface area contributed by atoms with E-state index in [1.165, 1.54) is 6.42 Å². The van der Waals surface area contributed by atoms with Gasteiger partial charge in [-0.05, 0) is 39.5 Å². The maximum absolute atomic E-state index is 13.0. The van der Waals surface area contributed by atoms with Gasteiger partial charge in [-0.25, -0.2) is 13.1 Å². The zero-order valence-electron chi connectivity index (χ0n) is 14.5. The summed E-state index contributed by atoms with van der Waals surface area (Å²) in [5.41, 5.74) is 1.49. The molecule has 1 aliphatic carbocycles. The van der Waals surface area contributed by atoms with Crippen molar-refractivity contribution < 1.29 is 13.2 Å². The normalized spacial score (nSPS) is 19.8. The first-order chi connectivity index (χ1) is 11.4. The molecule has 0 spiro atoms. The molecule has 0 radical (unpaired) electrons. The first kappa shape index (κ1) is 17.5. The molecule has 0 unspecified atom stereocenters. The molecule has 0 bridgehead atoms. The zero-order valence-corrected chi connectivity index (χ0v) is 15.3. The molecule has 1 aromatic heterocycles. The number of hydrogen-bond acceptors (Lipinski definition) is 3. The Bertz CT molecular complexity index is 712. The Kier molecular flexibility index (Phi) is 5.01. The third kappa shape index (κ3) is 3.37. The molecule has 3 rings (SSSR count). The van der Waals surface area contributed by atoms with Crippen LogP contribution in [0.2, 0.25) is 0 Å². The molecule has 2 N–H and O–H groups in total. The summed E-state index contributed by atoms with van der Waals surface area (Å²) in [7, 11) is -3.70. The van der Waals surface area contributed by atoms with Gasteiger partial charge in [-0.3, -0.25) is 4.79 Å². The number of aromatic amines is 1. The van der Waals surface area contributed by atoms with E-state index in [1.807, 2.05) is 0 Å². The molecule has 7 heteroatoms.